The summed E-state index contributed by atoms with van der Waals surface area (Å²) in [4.78, 5) is 11.3. The van der Waals surface area contributed by atoms with Gasteiger partial charge in [-0.3, -0.25) is 4.79 Å². The topological polar surface area (TPSA) is 92.5 Å². The van der Waals surface area contributed by atoms with Crippen LogP contribution in [0.15, 0.2) is 21.5 Å². The highest BCUT2D eigenvalue weighted by atomic mass is 79.9. The quantitative estimate of drug-likeness (QED) is 0.816. The molecule has 1 aromatic carbocycles. The van der Waals surface area contributed by atoms with E-state index in [4.69, 9.17) is 5.73 Å². The first kappa shape index (κ1) is 18.1. The molecule has 1 amide bonds. The lowest BCUT2D eigenvalue weighted by atomic mass is 10.2. The van der Waals surface area contributed by atoms with Gasteiger partial charge >= 0.3 is 0 Å². The van der Waals surface area contributed by atoms with Crippen LogP contribution in [0.25, 0.3) is 0 Å². The van der Waals surface area contributed by atoms with Crippen LogP contribution in [-0.4, -0.2) is 38.3 Å². The summed E-state index contributed by atoms with van der Waals surface area (Å²) in [5.41, 5.74) is 6.62. The molecule has 0 spiro atoms. The second kappa shape index (κ2) is 6.87. The van der Waals surface area contributed by atoms with Crippen molar-refractivity contribution < 1.29 is 13.2 Å². The molecule has 0 saturated heterocycles. The van der Waals surface area contributed by atoms with Crippen LogP contribution in [-0.2, 0) is 14.8 Å². The molecule has 0 saturated carbocycles. The van der Waals surface area contributed by atoms with Crippen molar-refractivity contribution in [2.75, 3.05) is 18.9 Å². The van der Waals surface area contributed by atoms with E-state index < -0.39 is 10.0 Å². The van der Waals surface area contributed by atoms with E-state index in [0.29, 0.717) is 15.7 Å². The molecular weight excluding hydrogens is 358 g/mol. The summed E-state index contributed by atoms with van der Waals surface area (Å²) in [6.45, 7) is 5.06. The zero-order valence-electron chi connectivity index (χ0n) is 12.5. The van der Waals surface area contributed by atoms with Gasteiger partial charge in [0.05, 0.1) is 10.6 Å². The van der Waals surface area contributed by atoms with Crippen LogP contribution in [0.2, 0.25) is 0 Å². The van der Waals surface area contributed by atoms with Gasteiger partial charge in [-0.2, -0.15) is 4.31 Å². The van der Waals surface area contributed by atoms with E-state index >= 15 is 0 Å². The van der Waals surface area contributed by atoms with Gasteiger partial charge in [-0.1, -0.05) is 0 Å². The van der Waals surface area contributed by atoms with Crippen molar-refractivity contribution >= 4 is 37.5 Å². The fourth-order valence-corrected chi connectivity index (χ4v) is 3.96. The third-order valence-electron chi connectivity index (χ3n) is 3.19. The van der Waals surface area contributed by atoms with E-state index in [0.717, 1.165) is 0 Å². The summed E-state index contributed by atoms with van der Waals surface area (Å²) < 4.78 is 27.0. The minimum absolute atomic E-state index is 0.186. The Morgan fingerprint density at radius 2 is 2.05 bits per heavy atom. The Kier molecular flexibility index (Phi) is 5.92. The fourth-order valence-electron chi connectivity index (χ4n) is 1.77. The number of likely N-dealkylation sites (N-methyl/N-ethyl adjacent to an activating group) is 1. The molecule has 21 heavy (non-hydrogen) atoms. The summed E-state index contributed by atoms with van der Waals surface area (Å²) >= 11 is 3.28. The minimum Gasteiger partial charge on any atom is -0.329 e. The first-order valence-electron chi connectivity index (χ1n) is 6.37. The first-order valence-corrected chi connectivity index (χ1v) is 8.60. The van der Waals surface area contributed by atoms with Crippen molar-refractivity contribution in [2.24, 2.45) is 5.73 Å². The van der Waals surface area contributed by atoms with Crippen LogP contribution in [0.1, 0.15) is 19.4 Å². The molecule has 0 aliphatic heterocycles. The molecule has 1 atom stereocenters. The molecule has 0 aliphatic carbocycles. The zero-order valence-corrected chi connectivity index (χ0v) is 14.9. The van der Waals surface area contributed by atoms with Gasteiger partial charge < -0.3 is 11.1 Å². The monoisotopic (exact) mass is 377 g/mol. The molecule has 0 heterocycles. The number of halogens is 1. The van der Waals surface area contributed by atoms with Crippen LogP contribution >= 0.6 is 15.9 Å². The van der Waals surface area contributed by atoms with Gasteiger partial charge in [0.15, 0.2) is 0 Å². The van der Waals surface area contributed by atoms with Crippen molar-refractivity contribution in [2.45, 2.75) is 31.7 Å². The van der Waals surface area contributed by atoms with Crippen LogP contribution in [0, 0.1) is 6.92 Å². The second-order valence-electron chi connectivity index (χ2n) is 4.88. The van der Waals surface area contributed by atoms with Crippen LogP contribution in [0.3, 0.4) is 0 Å². The number of carbonyl (C=O) groups excluding carboxylic acids is 1. The average molecular weight is 378 g/mol. The maximum absolute atomic E-state index is 12.6. The Bertz CT molecular complexity index is 646. The Hall–Kier alpha value is -0.960. The van der Waals surface area contributed by atoms with E-state index in [2.05, 4.69) is 21.2 Å². The number of amides is 1. The average Bonchev–Trinajstić information content (AvgIpc) is 2.39. The van der Waals surface area contributed by atoms with Crippen molar-refractivity contribution in [3.05, 3.63) is 22.2 Å². The number of sulfonamides is 1. The molecule has 1 rings (SSSR count). The lowest BCUT2D eigenvalue weighted by molar-refractivity contribution is -0.114. The van der Waals surface area contributed by atoms with Crippen molar-refractivity contribution in [1.82, 2.24) is 4.31 Å². The third-order valence-corrected chi connectivity index (χ3v) is 5.96. The maximum Gasteiger partial charge on any atom is 0.243 e. The normalized spacial score (nSPS) is 13.3. The molecule has 0 radical (unpaired) electrons. The molecule has 6 nitrogen and oxygen atoms in total. The van der Waals surface area contributed by atoms with Crippen LogP contribution < -0.4 is 11.1 Å². The first-order chi connectivity index (χ1) is 9.61. The van der Waals surface area contributed by atoms with E-state index in [-0.39, 0.29) is 23.4 Å². The minimum atomic E-state index is -3.64. The summed E-state index contributed by atoms with van der Waals surface area (Å²) in [5.74, 6) is -0.223. The third kappa shape index (κ3) is 4.03. The van der Waals surface area contributed by atoms with E-state index in [9.17, 15) is 13.2 Å². The van der Waals surface area contributed by atoms with Gasteiger partial charge in [0, 0.05) is 31.0 Å². The highest BCUT2D eigenvalue weighted by molar-refractivity contribution is 9.10. The molecule has 1 unspecified atom stereocenters. The number of rotatable bonds is 5. The lowest BCUT2D eigenvalue weighted by Crippen LogP contribution is -2.39. The second-order valence-corrected chi connectivity index (χ2v) is 7.70. The Morgan fingerprint density at radius 3 is 2.52 bits per heavy atom. The zero-order chi connectivity index (χ0) is 16.4. The maximum atomic E-state index is 12.6. The van der Waals surface area contributed by atoms with Crippen LogP contribution in [0.4, 0.5) is 5.69 Å². The number of carbonyl (C=O) groups is 1. The Balaban J connectivity index is 3.32. The summed E-state index contributed by atoms with van der Waals surface area (Å²) in [6.07, 6.45) is 0. The molecule has 0 fully saturated rings. The van der Waals surface area contributed by atoms with Gasteiger partial charge in [0.25, 0.3) is 0 Å². The molecule has 118 valence electrons. The molecule has 8 heteroatoms. The predicted molar refractivity (Wildman–Crippen MR) is 86.6 cm³/mol. The van der Waals surface area contributed by atoms with Crippen molar-refractivity contribution in [3.63, 3.8) is 0 Å². The number of benzene rings is 1. The number of anilines is 1. The Morgan fingerprint density at radius 1 is 1.48 bits per heavy atom. The molecule has 3 N–H and O–H groups in total. The van der Waals surface area contributed by atoms with E-state index in [1.807, 2.05) is 0 Å². The van der Waals surface area contributed by atoms with Gasteiger partial charge in [-0.15, -0.1) is 0 Å². The molecule has 0 aromatic heterocycles. The molecule has 0 aliphatic rings. The highest BCUT2D eigenvalue weighted by Crippen LogP contribution is 2.30. The SMILES string of the molecule is CC(=O)Nc1cc(C)c(S(=O)(=O)N(C)C(C)CN)cc1Br. The molecular formula is C13H20BrN3O3S. The molecule has 1 aromatic rings. The Labute approximate surface area is 133 Å². The summed E-state index contributed by atoms with van der Waals surface area (Å²) in [6, 6.07) is 2.82. The predicted octanol–water partition coefficient (Wildman–Crippen LogP) is 1.68. The number of hydrogen-bond donors (Lipinski definition) is 2. The highest BCUT2D eigenvalue weighted by Gasteiger charge is 2.27. The van der Waals surface area contributed by atoms with E-state index in [1.165, 1.54) is 24.3 Å². The number of nitrogens with zero attached hydrogens (tertiary/aromatic N) is 1. The van der Waals surface area contributed by atoms with Crippen LogP contribution in [0.5, 0.6) is 0 Å². The number of hydrogen-bond acceptors (Lipinski definition) is 4. The standard InChI is InChI=1S/C13H20BrN3O3S/c1-8-5-12(16-10(3)18)11(14)6-13(8)21(19,20)17(4)9(2)7-15/h5-6,9H,7,15H2,1-4H3,(H,16,18). The van der Waals surface area contributed by atoms with Crippen molar-refractivity contribution in [1.29, 1.82) is 0 Å². The number of nitrogens with one attached hydrogen (secondary N) is 1. The summed E-state index contributed by atoms with van der Waals surface area (Å²) in [7, 11) is -2.14. The van der Waals surface area contributed by atoms with E-state index in [1.54, 1.807) is 19.9 Å². The van der Waals surface area contributed by atoms with Gasteiger partial charge in [-0.05, 0) is 47.5 Å². The number of nitrogens with two attached hydrogens (primary N) is 1. The van der Waals surface area contributed by atoms with Gasteiger partial charge in [0.1, 0.15) is 0 Å². The fraction of sp³-hybridized carbons (Fsp3) is 0.462. The van der Waals surface area contributed by atoms with Crippen molar-refractivity contribution in [3.8, 4) is 0 Å². The lowest BCUT2D eigenvalue weighted by Gasteiger charge is -2.24. The smallest absolute Gasteiger partial charge is 0.243 e. The number of aryl methyl sites for hydroxylation is 1. The largest absolute Gasteiger partial charge is 0.329 e. The van der Waals surface area contributed by atoms with Gasteiger partial charge in [-0.25, -0.2) is 8.42 Å². The summed E-state index contributed by atoms with van der Waals surface area (Å²) in [5, 5.41) is 2.64. The van der Waals surface area contributed by atoms with Gasteiger partial charge in [0.2, 0.25) is 15.9 Å². The molecule has 0 bridgehead atoms.